The van der Waals surface area contributed by atoms with Crippen molar-refractivity contribution in [2.24, 2.45) is 0 Å². The summed E-state index contributed by atoms with van der Waals surface area (Å²) in [5.74, 6) is -0.944. The molecule has 0 atom stereocenters. The number of rotatable bonds is 0. The molecule has 36 heavy (non-hydrogen) atoms. The summed E-state index contributed by atoms with van der Waals surface area (Å²) in [5, 5.41) is 33.3. The lowest BCUT2D eigenvalue weighted by atomic mass is 9.85. The molecule has 8 bridgehead atoms. The minimum Gasteiger partial charge on any atom is -0.507 e. The molecule has 1 aliphatic heterocycles. The first-order chi connectivity index (χ1) is 17.4. The summed E-state index contributed by atoms with van der Waals surface area (Å²) in [6.45, 7) is 0.814. The van der Waals surface area contributed by atoms with E-state index in [1.807, 2.05) is 42.5 Å². The molecule has 0 saturated carbocycles. The van der Waals surface area contributed by atoms with E-state index in [1.165, 1.54) is 0 Å². The smallest absolute Gasteiger partial charge is 0.209 e. The number of carbonyl (C=O) groups excluding carboxylic acids is 1. The predicted molar refractivity (Wildman–Crippen MR) is 133 cm³/mol. The third kappa shape index (κ3) is 3.88. The molecule has 0 unspecified atom stereocenters. The number of aromatic hydroxyl groups is 3. The number of allylic oxidation sites excluding steroid dienone is 2. The van der Waals surface area contributed by atoms with E-state index < -0.39 is 5.79 Å². The predicted octanol–water partition coefficient (Wildman–Crippen LogP) is 4.26. The van der Waals surface area contributed by atoms with Crippen molar-refractivity contribution >= 4 is 5.78 Å². The highest BCUT2D eigenvalue weighted by atomic mass is 16.7. The second-order valence-electron chi connectivity index (χ2n) is 9.57. The Morgan fingerprint density at radius 1 is 0.556 bits per heavy atom. The van der Waals surface area contributed by atoms with E-state index >= 15 is 0 Å². The molecular weight excluding hydrogens is 456 g/mol. The highest BCUT2D eigenvalue weighted by Crippen LogP contribution is 2.38. The highest BCUT2D eigenvalue weighted by molar-refractivity contribution is 6.10. The Balaban J connectivity index is 1.54. The molecule has 6 rings (SSSR count). The summed E-state index contributed by atoms with van der Waals surface area (Å²) in [6, 6.07) is 16.4. The number of carbonyl (C=O) groups is 1. The summed E-state index contributed by atoms with van der Waals surface area (Å²) >= 11 is 0. The molecule has 3 N–H and O–H groups in total. The minimum atomic E-state index is -1.13. The van der Waals surface area contributed by atoms with Crippen molar-refractivity contribution in [2.45, 2.75) is 31.5 Å². The first-order valence-corrected chi connectivity index (χ1v) is 12.1. The van der Waals surface area contributed by atoms with Crippen molar-refractivity contribution in [3.63, 3.8) is 0 Å². The fraction of sp³-hybridized carbons (Fsp3) is 0.233. The number of fused-ring (bicyclic) bond motifs is 8. The maximum Gasteiger partial charge on any atom is 0.209 e. The van der Waals surface area contributed by atoms with Crippen LogP contribution in [0.4, 0.5) is 0 Å². The van der Waals surface area contributed by atoms with E-state index in [1.54, 1.807) is 24.3 Å². The molecule has 1 fully saturated rings. The second-order valence-corrected chi connectivity index (χ2v) is 9.57. The summed E-state index contributed by atoms with van der Waals surface area (Å²) in [5.41, 5.74) is 4.80. The molecule has 0 aromatic heterocycles. The van der Waals surface area contributed by atoms with Crippen LogP contribution in [0.15, 0.2) is 77.9 Å². The van der Waals surface area contributed by atoms with Crippen LogP contribution in [0.3, 0.4) is 0 Å². The molecule has 182 valence electrons. The van der Waals surface area contributed by atoms with Crippen LogP contribution in [-0.2, 0) is 40.0 Å². The number of ketones is 1. The molecule has 2 aliphatic carbocycles. The van der Waals surface area contributed by atoms with Gasteiger partial charge in [-0.1, -0.05) is 54.6 Å². The number of para-hydroxylation sites is 3. The minimum absolute atomic E-state index is 0.101. The summed E-state index contributed by atoms with van der Waals surface area (Å²) < 4.78 is 11.8. The average molecular weight is 483 g/mol. The number of phenolic OH excluding ortho intramolecular Hbond substituents is 3. The van der Waals surface area contributed by atoms with Gasteiger partial charge in [0, 0.05) is 36.8 Å². The Morgan fingerprint density at radius 2 is 0.889 bits per heavy atom. The number of phenols is 3. The number of Topliss-reactive ketones (excluding diaryl/α,β-unsaturated/α-hetero) is 1. The number of hydrogen-bond acceptors (Lipinski definition) is 6. The van der Waals surface area contributed by atoms with Gasteiger partial charge in [-0.05, 0) is 45.5 Å². The lowest BCUT2D eigenvalue weighted by molar-refractivity contribution is -0.115. The Labute approximate surface area is 208 Å². The maximum atomic E-state index is 13.6. The van der Waals surface area contributed by atoms with Crippen LogP contribution in [0.5, 0.6) is 17.2 Å². The summed E-state index contributed by atoms with van der Waals surface area (Å²) in [4.78, 5) is 13.6. The van der Waals surface area contributed by atoms with Crippen molar-refractivity contribution in [3.8, 4) is 17.2 Å². The molecule has 3 aliphatic rings. The SMILES string of the molecule is O=C1C2=CC3(C=C1Cc1cccc(c1O)Cc1cccc(c1O)Cc1cccc(c1O)C2)OCCO3. The Hall–Kier alpha value is -3.87. The molecule has 1 heterocycles. The lowest BCUT2D eigenvalue weighted by Gasteiger charge is -2.28. The van der Waals surface area contributed by atoms with E-state index in [2.05, 4.69) is 0 Å². The second kappa shape index (κ2) is 8.66. The summed E-state index contributed by atoms with van der Waals surface area (Å²) in [6.07, 6.45) is 4.43. The van der Waals surface area contributed by atoms with Crippen molar-refractivity contribution < 1.29 is 29.6 Å². The standard InChI is InChI=1S/C30H26O6/c31-26-18-4-1-5-19(26)13-21-7-3-9-23(28(21)33)15-25-17-30(35-10-11-36-30)16-24(29(25)34)14-22-8-2-6-20(12-18)27(22)32/h1-9,16-17,31-33H,10-15H2. The third-order valence-corrected chi connectivity index (χ3v) is 7.21. The van der Waals surface area contributed by atoms with Gasteiger partial charge in [0.2, 0.25) is 5.79 Å². The van der Waals surface area contributed by atoms with E-state index in [-0.39, 0.29) is 35.9 Å². The van der Waals surface area contributed by atoms with Gasteiger partial charge >= 0.3 is 0 Å². The molecule has 0 radical (unpaired) electrons. The lowest BCUT2D eigenvalue weighted by Crippen LogP contribution is -2.32. The Kier molecular flexibility index (Phi) is 5.43. The van der Waals surface area contributed by atoms with Gasteiger partial charge in [-0.2, -0.15) is 0 Å². The number of hydrogen-bond donors (Lipinski definition) is 3. The van der Waals surface area contributed by atoms with Crippen molar-refractivity contribution in [2.75, 3.05) is 13.2 Å². The van der Waals surface area contributed by atoms with Crippen LogP contribution in [0.2, 0.25) is 0 Å². The van der Waals surface area contributed by atoms with Gasteiger partial charge in [0.25, 0.3) is 0 Å². The number of ether oxygens (including phenoxy) is 2. The van der Waals surface area contributed by atoms with Crippen LogP contribution in [0.25, 0.3) is 0 Å². The molecule has 1 spiro atoms. The van der Waals surface area contributed by atoms with E-state index in [0.717, 1.165) is 0 Å². The molecule has 1 saturated heterocycles. The molecule has 6 nitrogen and oxygen atoms in total. The van der Waals surface area contributed by atoms with E-state index in [0.29, 0.717) is 70.6 Å². The van der Waals surface area contributed by atoms with Gasteiger partial charge < -0.3 is 24.8 Å². The Bertz CT molecular complexity index is 1340. The first-order valence-electron chi connectivity index (χ1n) is 12.1. The fourth-order valence-corrected chi connectivity index (χ4v) is 5.35. The quantitative estimate of drug-likeness (QED) is 0.443. The van der Waals surface area contributed by atoms with E-state index in [4.69, 9.17) is 9.47 Å². The van der Waals surface area contributed by atoms with E-state index in [9.17, 15) is 20.1 Å². The molecular formula is C30H26O6. The molecule has 3 aromatic carbocycles. The number of benzene rings is 3. The molecule has 3 aromatic rings. The van der Waals surface area contributed by atoms with Crippen LogP contribution in [0, 0.1) is 0 Å². The zero-order valence-corrected chi connectivity index (χ0v) is 19.7. The van der Waals surface area contributed by atoms with Crippen molar-refractivity contribution in [3.05, 3.63) is 111 Å². The highest BCUT2D eigenvalue weighted by Gasteiger charge is 2.39. The average Bonchev–Trinajstić information content (AvgIpc) is 3.31. The van der Waals surface area contributed by atoms with Crippen LogP contribution in [0.1, 0.15) is 33.4 Å². The largest absolute Gasteiger partial charge is 0.507 e. The zero-order valence-electron chi connectivity index (χ0n) is 19.7. The van der Waals surface area contributed by atoms with Gasteiger partial charge in [-0.25, -0.2) is 0 Å². The normalized spacial score (nSPS) is 18.6. The monoisotopic (exact) mass is 482 g/mol. The van der Waals surface area contributed by atoms with Gasteiger partial charge in [-0.15, -0.1) is 0 Å². The van der Waals surface area contributed by atoms with Gasteiger partial charge in [0.15, 0.2) is 5.78 Å². The third-order valence-electron chi connectivity index (χ3n) is 7.21. The van der Waals surface area contributed by atoms with Crippen LogP contribution in [-0.4, -0.2) is 40.1 Å². The Morgan fingerprint density at radius 3 is 1.25 bits per heavy atom. The van der Waals surface area contributed by atoms with Gasteiger partial charge in [0.1, 0.15) is 17.2 Å². The molecule has 0 amide bonds. The van der Waals surface area contributed by atoms with Crippen molar-refractivity contribution in [1.82, 2.24) is 0 Å². The summed E-state index contributed by atoms with van der Waals surface area (Å²) in [7, 11) is 0. The first kappa shape index (κ1) is 22.6. The molecule has 6 heteroatoms. The van der Waals surface area contributed by atoms with Crippen molar-refractivity contribution in [1.29, 1.82) is 0 Å². The fourth-order valence-electron chi connectivity index (χ4n) is 5.35. The van der Waals surface area contributed by atoms with Gasteiger partial charge in [0.05, 0.1) is 13.2 Å². The topological polar surface area (TPSA) is 96.2 Å². The van der Waals surface area contributed by atoms with Crippen LogP contribution >= 0.6 is 0 Å². The zero-order chi connectivity index (χ0) is 24.9. The maximum absolute atomic E-state index is 13.6. The van der Waals surface area contributed by atoms with Gasteiger partial charge in [-0.3, -0.25) is 4.79 Å². The van der Waals surface area contributed by atoms with Crippen LogP contribution < -0.4 is 0 Å².